The number of aromatic nitrogens is 7. The van der Waals surface area contributed by atoms with E-state index in [0.717, 1.165) is 5.52 Å². The molecule has 5 aromatic rings. The number of hydrogen-bond donors (Lipinski definition) is 0. The Labute approximate surface area is 158 Å². The Morgan fingerprint density at radius 2 is 1.86 bits per heavy atom. The highest BCUT2D eigenvalue weighted by Crippen LogP contribution is 2.16. The van der Waals surface area contributed by atoms with Gasteiger partial charge in [0.05, 0.1) is 29.0 Å². The summed E-state index contributed by atoms with van der Waals surface area (Å²) >= 11 is 0. The number of nitrogens with zero attached hydrogens (tertiary/aromatic N) is 7. The van der Waals surface area contributed by atoms with Crippen molar-refractivity contribution >= 4 is 27.7 Å². The van der Waals surface area contributed by atoms with E-state index in [2.05, 4.69) is 15.3 Å². The van der Waals surface area contributed by atoms with Crippen LogP contribution < -0.4 is 11.0 Å². The van der Waals surface area contributed by atoms with Crippen molar-refractivity contribution in [3.63, 3.8) is 0 Å². The number of aryl methyl sites for hydroxylation is 2. The normalized spacial score (nSPS) is 11.8. The van der Waals surface area contributed by atoms with Crippen molar-refractivity contribution < 1.29 is 0 Å². The van der Waals surface area contributed by atoms with Gasteiger partial charge >= 0.3 is 0 Å². The summed E-state index contributed by atoms with van der Waals surface area (Å²) in [6.45, 7) is 2.78. The third-order valence-electron chi connectivity index (χ3n) is 5.05. The van der Waals surface area contributed by atoms with E-state index in [0.29, 0.717) is 41.1 Å². The summed E-state index contributed by atoms with van der Waals surface area (Å²) in [6.07, 6.45) is 3.30. The van der Waals surface area contributed by atoms with Gasteiger partial charge in [0.2, 0.25) is 5.78 Å². The fourth-order valence-electron chi connectivity index (χ4n) is 3.75. The molecule has 1 aromatic carbocycles. The molecular weight excluding hydrogens is 358 g/mol. The number of pyridine rings is 1. The topological polar surface area (TPSA) is 92.0 Å². The molecule has 0 bridgehead atoms. The van der Waals surface area contributed by atoms with Crippen molar-refractivity contribution in [2.75, 3.05) is 0 Å². The van der Waals surface area contributed by atoms with E-state index in [1.54, 1.807) is 28.7 Å². The van der Waals surface area contributed by atoms with E-state index >= 15 is 0 Å². The molecule has 0 radical (unpaired) electrons. The Hall–Kier alpha value is -3.75. The molecule has 28 heavy (non-hydrogen) atoms. The standard InChI is InChI=1S/C19H17N7O2/c1-3-25-18(28)12-6-4-5-7-14(12)26-16(21-22-19(25)26)11-24-9-8-15(27)13-10-20-23(2)17(13)24/h4-10H,3,11H2,1-2H3. The molecule has 0 spiro atoms. The first-order valence-electron chi connectivity index (χ1n) is 8.97. The minimum absolute atomic E-state index is 0.0734. The highest BCUT2D eigenvalue weighted by Gasteiger charge is 2.17. The van der Waals surface area contributed by atoms with E-state index in [4.69, 9.17) is 0 Å². The molecule has 0 saturated heterocycles. The zero-order chi connectivity index (χ0) is 19.4. The molecule has 0 unspecified atom stereocenters. The molecule has 0 saturated carbocycles. The predicted molar refractivity (Wildman–Crippen MR) is 105 cm³/mol. The monoisotopic (exact) mass is 375 g/mol. The lowest BCUT2D eigenvalue weighted by Gasteiger charge is -2.11. The summed E-state index contributed by atoms with van der Waals surface area (Å²) in [5, 5.41) is 14.0. The first-order valence-corrected chi connectivity index (χ1v) is 8.97. The number of rotatable bonds is 3. The first kappa shape index (κ1) is 16.4. The van der Waals surface area contributed by atoms with Crippen LogP contribution in [0, 0.1) is 0 Å². The molecule has 0 aliphatic carbocycles. The second-order valence-corrected chi connectivity index (χ2v) is 6.63. The van der Waals surface area contributed by atoms with Crippen LogP contribution in [0.5, 0.6) is 0 Å². The van der Waals surface area contributed by atoms with Gasteiger partial charge in [0.1, 0.15) is 5.65 Å². The maximum atomic E-state index is 12.8. The Kier molecular flexibility index (Phi) is 3.45. The van der Waals surface area contributed by atoms with Gasteiger partial charge in [-0.1, -0.05) is 12.1 Å². The van der Waals surface area contributed by atoms with Crippen molar-refractivity contribution in [3.05, 3.63) is 69.1 Å². The molecule has 0 aliphatic rings. The molecule has 4 heterocycles. The lowest BCUT2D eigenvalue weighted by atomic mass is 10.2. The fourth-order valence-corrected chi connectivity index (χ4v) is 3.75. The lowest BCUT2D eigenvalue weighted by Crippen LogP contribution is -2.23. The maximum Gasteiger partial charge on any atom is 0.262 e. The van der Waals surface area contributed by atoms with Crippen LogP contribution in [0.25, 0.3) is 27.7 Å². The number of benzene rings is 1. The number of fused-ring (bicyclic) bond motifs is 4. The molecule has 5 rings (SSSR count). The molecule has 0 N–H and O–H groups in total. The van der Waals surface area contributed by atoms with Crippen molar-refractivity contribution in [2.45, 2.75) is 20.0 Å². The van der Waals surface area contributed by atoms with Crippen molar-refractivity contribution in [1.29, 1.82) is 0 Å². The maximum absolute atomic E-state index is 12.8. The van der Waals surface area contributed by atoms with Crippen LogP contribution in [0.3, 0.4) is 0 Å². The van der Waals surface area contributed by atoms with Gasteiger partial charge in [-0.25, -0.2) is 0 Å². The highest BCUT2D eigenvalue weighted by atomic mass is 16.1. The van der Waals surface area contributed by atoms with Crippen LogP contribution >= 0.6 is 0 Å². The Bertz CT molecular complexity index is 1490. The largest absolute Gasteiger partial charge is 0.325 e. The first-order chi connectivity index (χ1) is 13.6. The molecule has 0 aliphatic heterocycles. The second kappa shape index (κ2) is 5.88. The van der Waals surface area contributed by atoms with Gasteiger partial charge in [0.25, 0.3) is 5.56 Å². The van der Waals surface area contributed by atoms with Crippen LogP contribution in [-0.4, -0.2) is 33.5 Å². The fraction of sp³-hybridized carbons (Fsp3) is 0.211. The van der Waals surface area contributed by atoms with Crippen LogP contribution in [0.4, 0.5) is 0 Å². The molecule has 140 valence electrons. The van der Waals surface area contributed by atoms with Gasteiger partial charge < -0.3 is 4.57 Å². The van der Waals surface area contributed by atoms with Gasteiger partial charge in [-0.05, 0) is 19.1 Å². The summed E-state index contributed by atoms with van der Waals surface area (Å²) in [6, 6.07) is 8.96. The Morgan fingerprint density at radius 1 is 1.04 bits per heavy atom. The zero-order valence-electron chi connectivity index (χ0n) is 15.4. The summed E-state index contributed by atoms with van der Waals surface area (Å²) in [5.41, 5.74) is 1.31. The van der Waals surface area contributed by atoms with Crippen LogP contribution in [0.2, 0.25) is 0 Å². The van der Waals surface area contributed by atoms with Gasteiger partial charge in [-0.15, -0.1) is 10.2 Å². The van der Waals surface area contributed by atoms with E-state index in [1.165, 1.54) is 6.07 Å². The van der Waals surface area contributed by atoms with Crippen molar-refractivity contribution in [1.82, 2.24) is 33.5 Å². The van der Waals surface area contributed by atoms with Crippen LogP contribution in [0.15, 0.2) is 52.3 Å². The van der Waals surface area contributed by atoms with E-state index < -0.39 is 0 Å². The molecule has 9 heteroatoms. The third-order valence-corrected chi connectivity index (χ3v) is 5.05. The summed E-state index contributed by atoms with van der Waals surface area (Å²) in [7, 11) is 1.80. The van der Waals surface area contributed by atoms with Crippen LogP contribution in [-0.2, 0) is 20.1 Å². The quantitative estimate of drug-likeness (QED) is 0.472. The summed E-state index contributed by atoms with van der Waals surface area (Å²) in [5.74, 6) is 1.17. The molecule has 0 atom stereocenters. The van der Waals surface area contributed by atoms with Crippen molar-refractivity contribution in [2.24, 2.45) is 7.05 Å². The Balaban J connectivity index is 1.81. The molecule has 0 amide bonds. The third kappa shape index (κ3) is 2.16. The minimum Gasteiger partial charge on any atom is -0.325 e. The lowest BCUT2D eigenvalue weighted by molar-refractivity contribution is 0.699. The number of para-hydroxylation sites is 1. The van der Waals surface area contributed by atoms with E-state index in [9.17, 15) is 9.59 Å². The number of hydrogen-bond acceptors (Lipinski definition) is 5. The minimum atomic E-state index is -0.0815. The zero-order valence-corrected chi connectivity index (χ0v) is 15.4. The molecule has 9 nitrogen and oxygen atoms in total. The highest BCUT2D eigenvalue weighted by molar-refractivity contribution is 5.80. The van der Waals surface area contributed by atoms with Crippen LogP contribution in [0.1, 0.15) is 12.7 Å². The summed E-state index contributed by atoms with van der Waals surface area (Å²) in [4.78, 5) is 24.9. The average Bonchev–Trinajstić information content (AvgIpc) is 3.29. The van der Waals surface area contributed by atoms with E-state index in [1.807, 2.05) is 40.2 Å². The second-order valence-electron chi connectivity index (χ2n) is 6.63. The van der Waals surface area contributed by atoms with Gasteiger partial charge in [-0.2, -0.15) is 5.10 Å². The molecule has 0 fully saturated rings. The summed E-state index contributed by atoms with van der Waals surface area (Å²) < 4.78 is 7.10. The van der Waals surface area contributed by atoms with E-state index in [-0.39, 0.29) is 11.0 Å². The Morgan fingerprint density at radius 3 is 2.68 bits per heavy atom. The van der Waals surface area contributed by atoms with Gasteiger partial charge in [-0.3, -0.25) is 23.2 Å². The molecule has 4 aromatic heterocycles. The SMILES string of the molecule is CCn1c(=O)c2ccccc2n2c(Cn3ccc(=O)c4cnn(C)c43)nnc12. The van der Waals surface area contributed by atoms with Gasteiger partial charge in [0, 0.05) is 25.9 Å². The van der Waals surface area contributed by atoms with Crippen molar-refractivity contribution in [3.8, 4) is 0 Å². The smallest absolute Gasteiger partial charge is 0.262 e. The average molecular weight is 375 g/mol. The predicted octanol–water partition coefficient (Wildman–Crippen LogP) is 1.16. The molecular formula is C19H17N7O2. The van der Waals surface area contributed by atoms with Gasteiger partial charge in [0.15, 0.2) is 11.3 Å².